The highest BCUT2D eigenvalue weighted by molar-refractivity contribution is 5.47. The second-order valence-electron chi connectivity index (χ2n) is 7.72. The average molecular weight is 370 g/mol. The van der Waals surface area contributed by atoms with Crippen molar-refractivity contribution in [1.82, 2.24) is 0 Å². The molecule has 0 radical (unpaired) electrons. The van der Waals surface area contributed by atoms with Gasteiger partial charge in [0.15, 0.2) is 0 Å². The summed E-state index contributed by atoms with van der Waals surface area (Å²) in [6.45, 7) is 11.8. The molecular formula is C23H30O4. The van der Waals surface area contributed by atoms with E-state index in [1.807, 2.05) is 0 Å². The van der Waals surface area contributed by atoms with Crippen molar-refractivity contribution >= 4 is 0 Å². The molecule has 2 aromatic rings. The van der Waals surface area contributed by atoms with Crippen molar-refractivity contribution in [2.75, 3.05) is 19.8 Å². The second-order valence-corrected chi connectivity index (χ2v) is 7.72. The van der Waals surface area contributed by atoms with E-state index in [-0.39, 0.29) is 6.10 Å². The van der Waals surface area contributed by atoms with E-state index in [9.17, 15) is 5.11 Å². The van der Waals surface area contributed by atoms with Crippen LogP contribution < -0.4 is 9.47 Å². The minimum absolute atomic E-state index is 0.268. The standard InChI is InChI=1S/C23H30O4/c1-14-6-19(7-15(2)22(14)26-11-18(5)24)10-20-8-16(3)23(17(4)9-20)27-13-21-12-25-21/h6-9,18,21,24H,10-13H2,1-5H3. The van der Waals surface area contributed by atoms with E-state index in [1.54, 1.807) is 6.92 Å². The first-order valence-electron chi connectivity index (χ1n) is 9.59. The largest absolute Gasteiger partial charge is 0.490 e. The minimum atomic E-state index is -0.471. The fraction of sp³-hybridized carbons (Fsp3) is 0.478. The van der Waals surface area contributed by atoms with Crippen LogP contribution in [0.1, 0.15) is 40.3 Å². The number of aliphatic hydroxyl groups is 1. The third-order valence-electron chi connectivity index (χ3n) is 4.73. The van der Waals surface area contributed by atoms with Gasteiger partial charge in [0.2, 0.25) is 0 Å². The predicted molar refractivity (Wildman–Crippen MR) is 107 cm³/mol. The van der Waals surface area contributed by atoms with E-state index in [0.29, 0.717) is 13.2 Å². The summed E-state index contributed by atoms with van der Waals surface area (Å²) < 4.78 is 16.9. The second kappa shape index (κ2) is 8.32. The maximum Gasteiger partial charge on any atom is 0.125 e. The number of epoxide rings is 1. The van der Waals surface area contributed by atoms with Crippen LogP contribution in [0.25, 0.3) is 0 Å². The van der Waals surface area contributed by atoms with Crippen molar-refractivity contribution in [3.05, 3.63) is 57.6 Å². The molecule has 2 unspecified atom stereocenters. The Balaban J connectivity index is 1.74. The number of aliphatic hydroxyl groups excluding tert-OH is 1. The lowest BCUT2D eigenvalue weighted by Gasteiger charge is -2.16. The molecule has 0 aromatic heterocycles. The van der Waals surface area contributed by atoms with Gasteiger partial charge in [-0.05, 0) is 74.4 Å². The van der Waals surface area contributed by atoms with Crippen molar-refractivity contribution in [2.24, 2.45) is 0 Å². The Morgan fingerprint density at radius 3 is 1.78 bits per heavy atom. The number of benzene rings is 2. The summed E-state index contributed by atoms with van der Waals surface area (Å²) in [6.07, 6.45) is 0.664. The predicted octanol–water partition coefficient (Wildman–Crippen LogP) is 4.05. The number of hydrogen-bond donors (Lipinski definition) is 1. The molecule has 1 fully saturated rings. The summed E-state index contributed by atoms with van der Waals surface area (Å²) in [5, 5.41) is 9.45. The lowest BCUT2D eigenvalue weighted by molar-refractivity contribution is 0.122. The molecule has 1 N–H and O–H groups in total. The molecule has 2 aromatic carbocycles. The van der Waals surface area contributed by atoms with Crippen LogP contribution in [0, 0.1) is 27.7 Å². The Kier molecular flexibility index (Phi) is 6.08. The molecule has 4 heteroatoms. The Morgan fingerprint density at radius 1 is 0.926 bits per heavy atom. The summed E-state index contributed by atoms with van der Waals surface area (Å²) >= 11 is 0. The van der Waals surface area contributed by atoms with Gasteiger partial charge < -0.3 is 19.3 Å². The summed E-state index contributed by atoms with van der Waals surface area (Å²) in [5.41, 5.74) is 7.06. The van der Waals surface area contributed by atoms with Crippen LogP contribution in [0.5, 0.6) is 11.5 Å². The van der Waals surface area contributed by atoms with Gasteiger partial charge in [0, 0.05) is 0 Å². The lowest BCUT2D eigenvalue weighted by Crippen LogP contribution is -2.14. The van der Waals surface area contributed by atoms with Crippen molar-refractivity contribution in [2.45, 2.75) is 53.2 Å². The zero-order chi connectivity index (χ0) is 19.6. The molecule has 0 spiro atoms. The smallest absolute Gasteiger partial charge is 0.125 e. The van der Waals surface area contributed by atoms with Crippen LogP contribution in [-0.4, -0.2) is 37.1 Å². The quantitative estimate of drug-likeness (QED) is 0.712. The molecule has 0 aliphatic carbocycles. The molecule has 0 amide bonds. The Labute approximate surface area is 162 Å². The van der Waals surface area contributed by atoms with Crippen molar-refractivity contribution < 1.29 is 19.3 Å². The molecule has 1 aliphatic rings. The number of ether oxygens (including phenoxy) is 3. The van der Waals surface area contributed by atoms with Gasteiger partial charge in [-0.25, -0.2) is 0 Å². The highest BCUT2D eigenvalue weighted by Crippen LogP contribution is 2.29. The third-order valence-corrected chi connectivity index (χ3v) is 4.73. The minimum Gasteiger partial charge on any atom is -0.490 e. The van der Waals surface area contributed by atoms with Gasteiger partial charge >= 0.3 is 0 Å². The van der Waals surface area contributed by atoms with Crippen LogP contribution >= 0.6 is 0 Å². The molecule has 146 valence electrons. The summed E-state index contributed by atoms with van der Waals surface area (Å²) in [6, 6.07) is 8.75. The van der Waals surface area contributed by atoms with Crippen LogP contribution in [0.4, 0.5) is 0 Å². The molecular weight excluding hydrogens is 340 g/mol. The maximum absolute atomic E-state index is 9.45. The average Bonchev–Trinajstić information content (AvgIpc) is 3.37. The summed E-state index contributed by atoms with van der Waals surface area (Å²) in [5.74, 6) is 1.85. The lowest BCUT2D eigenvalue weighted by atomic mass is 9.97. The molecule has 1 saturated heterocycles. The van der Waals surface area contributed by atoms with Gasteiger partial charge in [0.1, 0.15) is 30.8 Å². The summed E-state index contributed by atoms with van der Waals surface area (Å²) in [4.78, 5) is 0. The molecule has 27 heavy (non-hydrogen) atoms. The summed E-state index contributed by atoms with van der Waals surface area (Å²) in [7, 11) is 0. The zero-order valence-corrected chi connectivity index (χ0v) is 17.0. The van der Waals surface area contributed by atoms with E-state index in [0.717, 1.165) is 46.8 Å². The van der Waals surface area contributed by atoms with Gasteiger partial charge in [-0.2, -0.15) is 0 Å². The normalized spacial score (nSPS) is 16.9. The number of aryl methyl sites for hydroxylation is 4. The third kappa shape index (κ3) is 5.24. The molecule has 2 atom stereocenters. The van der Waals surface area contributed by atoms with Gasteiger partial charge in [0.25, 0.3) is 0 Å². The SMILES string of the molecule is Cc1cc(Cc2cc(C)c(OCC3CO3)c(C)c2)cc(C)c1OCC(C)O. The fourth-order valence-electron chi connectivity index (χ4n) is 3.52. The van der Waals surface area contributed by atoms with Crippen LogP contribution in [0.2, 0.25) is 0 Å². The fourth-order valence-corrected chi connectivity index (χ4v) is 3.52. The van der Waals surface area contributed by atoms with E-state index >= 15 is 0 Å². The van der Waals surface area contributed by atoms with Gasteiger partial charge in [-0.3, -0.25) is 0 Å². The number of rotatable bonds is 8. The number of hydrogen-bond acceptors (Lipinski definition) is 4. The Morgan fingerprint density at radius 2 is 1.37 bits per heavy atom. The molecule has 4 nitrogen and oxygen atoms in total. The van der Waals surface area contributed by atoms with E-state index < -0.39 is 6.10 Å². The zero-order valence-electron chi connectivity index (χ0n) is 17.0. The molecule has 1 aliphatic heterocycles. The molecule has 0 bridgehead atoms. The van der Waals surface area contributed by atoms with Gasteiger partial charge in [-0.1, -0.05) is 24.3 Å². The van der Waals surface area contributed by atoms with Crippen molar-refractivity contribution in [3.63, 3.8) is 0 Å². The van der Waals surface area contributed by atoms with E-state index in [1.165, 1.54) is 11.1 Å². The van der Waals surface area contributed by atoms with Crippen LogP contribution in [-0.2, 0) is 11.2 Å². The maximum atomic E-state index is 9.45. The van der Waals surface area contributed by atoms with Gasteiger partial charge in [-0.15, -0.1) is 0 Å². The van der Waals surface area contributed by atoms with Gasteiger partial charge in [0.05, 0.1) is 12.7 Å². The monoisotopic (exact) mass is 370 g/mol. The van der Waals surface area contributed by atoms with Crippen molar-refractivity contribution in [3.8, 4) is 11.5 Å². The first-order valence-corrected chi connectivity index (χ1v) is 9.59. The molecule has 0 saturated carbocycles. The Bertz CT molecular complexity index is 701. The topological polar surface area (TPSA) is 51.2 Å². The Hall–Kier alpha value is -2.04. The highest BCUT2D eigenvalue weighted by atomic mass is 16.6. The van der Waals surface area contributed by atoms with Crippen LogP contribution in [0.3, 0.4) is 0 Å². The highest BCUT2D eigenvalue weighted by Gasteiger charge is 2.23. The first-order chi connectivity index (χ1) is 12.8. The molecule has 3 rings (SSSR count). The van der Waals surface area contributed by atoms with E-state index in [4.69, 9.17) is 14.2 Å². The van der Waals surface area contributed by atoms with Crippen molar-refractivity contribution in [1.29, 1.82) is 0 Å². The first kappa shape index (κ1) is 19.7. The molecule has 1 heterocycles. The van der Waals surface area contributed by atoms with Crippen LogP contribution in [0.15, 0.2) is 24.3 Å². The van der Waals surface area contributed by atoms with E-state index in [2.05, 4.69) is 52.0 Å².